The molecule has 0 radical (unpaired) electrons. The van der Waals surface area contributed by atoms with Crippen molar-refractivity contribution in [1.82, 2.24) is 9.80 Å². The number of carbonyl (C=O) groups is 2. The number of anilines is 1. The molecule has 2 aliphatic rings. The van der Waals surface area contributed by atoms with E-state index in [1.807, 2.05) is 15.9 Å². The van der Waals surface area contributed by atoms with Crippen molar-refractivity contribution in [2.75, 3.05) is 58.4 Å². The molecule has 35 heavy (non-hydrogen) atoms. The molecule has 8 nitrogen and oxygen atoms in total. The Morgan fingerprint density at radius 1 is 0.943 bits per heavy atom. The maximum Gasteiger partial charge on any atom is 0.254 e. The van der Waals surface area contributed by atoms with Crippen LogP contribution in [0.15, 0.2) is 36.4 Å². The van der Waals surface area contributed by atoms with Crippen LogP contribution >= 0.6 is 0 Å². The quantitative estimate of drug-likeness (QED) is 0.654. The summed E-state index contributed by atoms with van der Waals surface area (Å²) >= 11 is 0. The average molecular weight is 481 g/mol. The van der Waals surface area contributed by atoms with Crippen LogP contribution in [-0.2, 0) is 4.79 Å². The van der Waals surface area contributed by atoms with Crippen molar-refractivity contribution < 1.29 is 23.5 Å². The minimum absolute atomic E-state index is 0.0398. The summed E-state index contributed by atoms with van der Waals surface area (Å²) < 4.78 is 24.5. The molecular formula is C26H29FN4O4. The van der Waals surface area contributed by atoms with Gasteiger partial charge in [0.15, 0.2) is 0 Å². The van der Waals surface area contributed by atoms with Gasteiger partial charge < -0.3 is 24.2 Å². The van der Waals surface area contributed by atoms with Crippen LogP contribution in [0, 0.1) is 23.1 Å². The molecular weight excluding hydrogens is 451 g/mol. The molecule has 2 aliphatic heterocycles. The van der Waals surface area contributed by atoms with E-state index >= 15 is 0 Å². The Morgan fingerprint density at radius 2 is 1.57 bits per heavy atom. The Hall–Kier alpha value is -3.80. The second-order valence-electron chi connectivity index (χ2n) is 8.73. The van der Waals surface area contributed by atoms with E-state index in [9.17, 15) is 19.2 Å². The number of amides is 2. The number of piperidine rings is 1. The number of nitrogens with zero attached hydrogens (tertiary/aromatic N) is 4. The number of nitriles is 1. The van der Waals surface area contributed by atoms with Crippen molar-refractivity contribution in [3.8, 4) is 17.6 Å². The van der Waals surface area contributed by atoms with Gasteiger partial charge in [0.2, 0.25) is 5.91 Å². The van der Waals surface area contributed by atoms with Crippen molar-refractivity contribution in [3.63, 3.8) is 0 Å². The van der Waals surface area contributed by atoms with E-state index in [1.165, 1.54) is 6.07 Å². The van der Waals surface area contributed by atoms with Crippen LogP contribution < -0.4 is 14.4 Å². The molecule has 2 saturated heterocycles. The lowest BCUT2D eigenvalue weighted by atomic mass is 9.94. The van der Waals surface area contributed by atoms with Crippen LogP contribution in [0.3, 0.4) is 0 Å². The molecule has 184 valence electrons. The minimum atomic E-state index is -0.530. The topological polar surface area (TPSA) is 86.1 Å². The van der Waals surface area contributed by atoms with E-state index < -0.39 is 5.82 Å². The molecule has 0 aliphatic carbocycles. The number of likely N-dealkylation sites (tertiary alicyclic amines) is 1. The van der Waals surface area contributed by atoms with E-state index in [-0.39, 0.29) is 23.3 Å². The van der Waals surface area contributed by atoms with Gasteiger partial charge in [-0.1, -0.05) is 6.07 Å². The molecule has 2 aromatic carbocycles. The Balaban J connectivity index is 1.32. The van der Waals surface area contributed by atoms with E-state index in [2.05, 4.69) is 0 Å². The number of ether oxygens (including phenoxy) is 2. The average Bonchev–Trinajstić information content (AvgIpc) is 2.92. The van der Waals surface area contributed by atoms with Gasteiger partial charge in [0, 0.05) is 56.8 Å². The Bertz CT molecular complexity index is 1110. The summed E-state index contributed by atoms with van der Waals surface area (Å²) in [5, 5.41) is 9.30. The van der Waals surface area contributed by atoms with Gasteiger partial charge in [-0.3, -0.25) is 9.59 Å². The van der Waals surface area contributed by atoms with Crippen LogP contribution in [0.1, 0.15) is 28.8 Å². The molecule has 0 unspecified atom stereocenters. The summed E-state index contributed by atoms with van der Waals surface area (Å²) in [6.45, 7) is 3.12. The molecule has 0 aromatic heterocycles. The van der Waals surface area contributed by atoms with Crippen molar-refractivity contribution in [2.45, 2.75) is 12.8 Å². The zero-order valence-electron chi connectivity index (χ0n) is 20.0. The second-order valence-corrected chi connectivity index (χ2v) is 8.73. The van der Waals surface area contributed by atoms with Gasteiger partial charge in [0.05, 0.1) is 19.9 Å². The predicted molar refractivity (Wildman–Crippen MR) is 128 cm³/mol. The van der Waals surface area contributed by atoms with Crippen LogP contribution in [0.25, 0.3) is 0 Å². The first-order chi connectivity index (χ1) is 16.9. The third kappa shape index (κ3) is 5.16. The monoisotopic (exact) mass is 480 g/mol. The van der Waals surface area contributed by atoms with Crippen LogP contribution in [0.2, 0.25) is 0 Å². The number of carbonyl (C=O) groups excluding carboxylic acids is 2. The zero-order chi connectivity index (χ0) is 24.9. The smallest absolute Gasteiger partial charge is 0.254 e. The number of benzene rings is 2. The van der Waals surface area contributed by atoms with Gasteiger partial charge in [-0.05, 0) is 37.1 Å². The van der Waals surface area contributed by atoms with Gasteiger partial charge in [-0.15, -0.1) is 0 Å². The summed E-state index contributed by atoms with van der Waals surface area (Å²) in [6, 6.07) is 11.7. The van der Waals surface area contributed by atoms with Gasteiger partial charge in [0.25, 0.3) is 5.91 Å². The number of hydrogen-bond donors (Lipinski definition) is 0. The fourth-order valence-electron chi connectivity index (χ4n) is 4.76. The first-order valence-corrected chi connectivity index (χ1v) is 11.7. The lowest BCUT2D eigenvalue weighted by Gasteiger charge is -2.39. The Kier molecular flexibility index (Phi) is 7.39. The molecule has 2 fully saturated rings. The number of halogens is 1. The second kappa shape index (κ2) is 10.6. The predicted octanol–water partition coefficient (Wildman–Crippen LogP) is 2.92. The Morgan fingerprint density at radius 3 is 2.14 bits per heavy atom. The largest absolute Gasteiger partial charge is 0.497 e. The first kappa shape index (κ1) is 24.3. The fourth-order valence-corrected chi connectivity index (χ4v) is 4.76. The normalized spacial score (nSPS) is 16.6. The molecule has 0 atom stereocenters. The summed E-state index contributed by atoms with van der Waals surface area (Å²) in [5.41, 5.74) is 1.11. The third-order valence-corrected chi connectivity index (χ3v) is 6.77. The van der Waals surface area contributed by atoms with Crippen molar-refractivity contribution in [2.24, 2.45) is 5.92 Å². The van der Waals surface area contributed by atoms with Crippen LogP contribution in [0.4, 0.5) is 10.1 Å². The van der Waals surface area contributed by atoms with Crippen molar-refractivity contribution >= 4 is 17.5 Å². The Labute approximate surface area is 204 Å². The number of methoxy groups -OCH3 is 2. The molecule has 9 heteroatoms. The van der Waals surface area contributed by atoms with E-state index in [1.54, 1.807) is 49.5 Å². The van der Waals surface area contributed by atoms with Gasteiger partial charge in [-0.25, -0.2) is 4.39 Å². The molecule has 2 heterocycles. The third-order valence-electron chi connectivity index (χ3n) is 6.77. The fraction of sp³-hybridized carbons (Fsp3) is 0.423. The lowest BCUT2D eigenvalue weighted by Crippen LogP contribution is -2.52. The first-order valence-electron chi connectivity index (χ1n) is 11.7. The molecule has 0 saturated carbocycles. The van der Waals surface area contributed by atoms with Crippen LogP contribution in [0.5, 0.6) is 11.5 Å². The summed E-state index contributed by atoms with van der Waals surface area (Å²) in [5.74, 6) is 0.435. The SMILES string of the molecule is COc1cc(OC)cc(C(=O)N2CCC(C(=O)N3CCN(c4cccc(F)c4C#N)CC3)CC2)c1. The standard InChI is InChI=1S/C26H29FN4O4/c1-34-20-14-19(15-21(16-20)35-2)26(33)30-8-6-18(7-9-30)25(32)31-12-10-29(11-13-31)24-5-3-4-23(27)22(24)17-28/h3-5,14-16,18H,6-13H2,1-2H3. The van der Waals surface area contributed by atoms with E-state index in [0.717, 1.165) is 0 Å². The lowest BCUT2D eigenvalue weighted by molar-refractivity contribution is -0.137. The maximum absolute atomic E-state index is 14.0. The van der Waals surface area contributed by atoms with Crippen molar-refractivity contribution in [3.05, 3.63) is 53.3 Å². The zero-order valence-corrected chi connectivity index (χ0v) is 20.0. The number of rotatable bonds is 5. The van der Waals surface area contributed by atoms with E-state index in [0.29, 0.717) is 74.9 Å². The molecule has 2 aromatic rings. The van der Waals surface area contributed by atoms with Crippen molar-refractivity contribution in [1.29, 1.82) is 5.26 Å². The summed E-state index contributed by atoms with van der Waals surface area (Å²) in [6.07, 6.45) is 1.21. The molecule has 0 bridgehead atoms. The summed E-state index contributed by atoms with van der Waals surface area (Å²) in [7, 11) is 3.08. The molecule has 2 amide bonds. The highest BCUT2D eigenvalue weighted by Gasteiger charge is 2.32. The number of piperazine rings is 1. The maximum atomic E-state index is 14.0. The van der Waals surface area contributed by atoms with Crippen LogP contribution in [-0.4, -0.2) is 75.1 Å². The van der Waals surface area contributed by atoms with E-state index in [4.69, 9.17) is 9.47 Å². The highest BCUT2D eigenvalue weighted by molar-refractivity contribution is 5.95. The highest BCUT2D eigenvalue weighted by atomic mass is 19.1. The van der Waals surface area contributed by atoms with Gasteiger partial charge in [-0.2, -0.15) is 5.26 Å². The van der Waals surface area contributed by atoms with Gasteiger partial charge in [0.1, 0.15) is 28.9 Å². The number of hydrogen-bond acceptors (Lipinski definition) is 6. The highest BCUT2D eigenvalue weighted by Crippen LogP contribution is 2.27. The minimum Gasteiger partial charge on any atom is -0.497 e. The molecule has 4 rings (SSSR count). The molecule has 0 N–H and O–H groups in total. The summed E-state index contributed by atoms with van der Waals surface area (Å²) in [4.78, 5) is 31.7. The van der Waals surface area contributed by atoms with Gasteiger partial charge >= 0.3 is 0 Å². The molecule has 0 spiro atoms.